The highest BCUT2D eigenvalue weighted by molar-refractivity contribution is 7.11. The summed E-state index contributed by atoms with van der Waals surface area (Å²) in [6, 6.07) is 0.666. The Balaban J connectivity index is 1.49. The molecule has 3 atom stereocenters. The van der Waals surface area contributed by atoms with Gasteiger partial charge >= 0.3 is 0 Å². The molecular formula is C16H24N2OS. The Labute approximate surface area is 125 Å². The van der Waals surface area contributed by atoms with Gasteiger partial charge in [0, 0.05) is 35.4 Å². The van der Waals surface area contributed by atoms with E-state index in [2.05, 4.69) is 24.1 Å². The van der Waals surface area contributed by atoms with Crippen LogP contribution in [0.1, 0.15) is 47.7 Å². The monoisotopic (exact) mass is 292 g/mol. The van der Waals surface area contributed by atoms with Crippen LogP contribution >= 0.6 is 11.3 Å². The van der Waals surface area contributed by atoms with E-state index in [1.54, 1.807) is 0 Å². The normalized spacial score (nSPS) is 34.4. The SMILES string of the molecule is Cc1nc(CN[C@@H]2[C@H]3CCO[C@@H]3C23CCCC3)c(C)s1. The smallest absolute Gasteiger partial charge is 0.0900 e. The second-order valence-corrected chi connectivity index (χ2v) is 8.19. The Bertz CT molecular complexity index is 507. The number of thiazole rings is 1. The van der Waals surface area contributed by atoms with Crippen LogP contribution in [-0.4, -0.2) is 23.7 Å². The summed E-state index contributed by atoms with van der Waals surface area (Å²) in [6.45, 7) is 6.20. The van der Waals surface area contributed by atoms with Crippen LogP contribution < -0.4 is 5.32 Å². The molecule has 1 aliphatic heterocycles. The Morgan fingerprint density at radius 2 is 2.15 bits per heavy atom. The first-order valence-electron chi connectivity index (χ1n) is 7.98. The van der Waals surface area contributed by atoms with Crippen LogP contribution in [0, 0.1) is 25.2 Å². The number of nitrogens with one attached hydrogen (secondary N) is 1. The Morgan fingerprint density at radius 3 is 2.85 bits per heavy atom. The molecule has 0 unspecified atom stereocenters. The molecule has 0 amide bonds. The zero-order valence-electron chi connectivity index (χ0n) is 12.4. The molecule has 0 aromatic carbocycles. The van der Waals surface area contributed by atoms with Crippen molar-refractivity contribution in [2.24, 2.45) is 11.3 Å². The number of rotatable bonds is 3. The second-order valence-electron chi connectivity index (χ2n) is 6.78. The van der Waals surface area contributed by atoms with Gasteiger partial charge in [0.1, 0.15) is 0 Å². The van der Waals surface area contributed by atoms with Gasteiger partial charge in [-0.1, -0.05) is 12.8 Å². The largest absolute Gasteiger partial charge is 0.377 e. The third-order valence-corrected chi connectivity index (χ3v) is 6.70. The molecule has 0 bridgehead atoms. The highest BCUT2D eigenvalue weighted by Gasteiger charge is 2.64. The molecule has 4 rings (SSSR count). The summed E-state index contributed by atoms with van der Waals surface area (Å²) in [5, 5.41) is 5.04. The molecule has 2 aliphatic carbocycles. The van der Waals surface area contributed by atoms with Gasteiger partial charge in [-0.15, -0.1) is 11.3 Å². The molecule has 4 heteroatoms. The highest BCUT2D eigenvalue weighted by Crippen LogP contribution is 2.60. The van der Waals surface area contributed by atoms with Crippen molar-refractivity contribution in [2.75, 3.05) is 6.61 Å². The summed E-state index contributed by atoms with van der Waals surface area (Å²) in [4.78, 5) is 6.04. The van der Waals surface area contributed by atoms with E-state index >= 15 is 0 Å². The summed E-state index contributed by atoms with van der Waals surface area (Å²) in [6.07, 6.45) is 7.31. The number of hydrogen-bond donors (Lipinski definition) is 1. The molecule has 1 aromatic rings. The summed E-state index contributed by atoms with van der Waals surface area (Å²) in [5.41, 5.74) is 1.71. The van der Waals surface area contributed by atoms with Gasteiger partial charge in [0.05, 0.1) is 16.8 Å². The fraction of sp³-hybridized carbons (Fsp3) is 0.812. The van der Waals surface area contributed by atoms with Gasteiger partial charge in [0.25, 0.3) is 0 Å². The number of hydrogen-bond acceptors (Lipinski definition) is 4. The quantitative estimate of drug-likeness (QED) is 0.929. The third-order valence-electron chi connectivity index (χ3n) is 5.78. The maximum Gasteiger partial charge on any atom is 0.0900 e. The van der Waals surface area contributed by atoms with E-state index in [-0.39, 0.29) is 0 Å². The Hall–Kier alpha value is -0.450. The van der Waals surface area contributed by atoms with Gasteiger partial charge in [0.15, 0.2) is 0 Å². The van der Waals surface area contributed by atoms with Crippen molar-refractivity contribution in [3.05, 3.63) is 15.6 Å². The molecule has 3 nitrogen and oxygen atoms in total. The van der Waals surface area contributed by atoms with Gasteiger partial charge in [-0.3, -0.25) is 0 Å². The molecule has 1 saturated heterocycles. The lowest BCUT2D eigenvalue weighted by Gasteiger charge is -2.57. The maximum absolute atomic E-state index is 6.05. The zero-order valence-corrected chi connectivity index (χ0v) is 13.3. The zero-order chi connectivity index (χ0) is 13.7. The lowest BCUT2D eigenvalue weighted by molar-refractivity contribution is -0.131. The molecule has 2 heterocycles. The van der Waals surface area contributed by atoms with Crippen molar-refractivity contribution in [2.45, 2.75) is 64.6 Å². The minimum absolute atomic E-state index is 0.458. The van der Waals surface area contributed by atoms with Crippen LogP contribution in [0.5, 0.6) is 0 Å². The first-order chi connectivity index (χ1) is 9.71. The van der Waals surface area contributed by atoms with Crippen molar-refractivity contribution in [3.63, 3.8) is 0 Å². The number of aryl methyl sites for hydroxylation is 2. The number of ether oxygens (including phenoxy) is 1. The topological polar surface area (TPSA) is 34.2 Å². The van der Waals surface area contributed by atoms with Crippen molar-refractivity contribution >= 4 is 11.3 Å². The van der Waals surface area contributed by atoms with E-state index in [1.807, 2.05) is 11.3 Å². The van der Waals surface area contributed by atoms with Gasteiger partial charge in [-0.25, -0.2) is 4.98 Å². The van der Waals surface area contributed by atoms with Gasteiger partial charge < -0.3 is 10.1 Å². The van der Waals surface area contributed by atoms with Crippen LogP contribution in [0.2, 0.25) is 0 Å². The van der Waals surface area contributed by atoms with E-state index in [0.29, 0.717) is 17.6 Å². The highest BCUT2D eigenvalue weighted by atomic mass is 32.1. The molecule has 2 saturated carbocycles. The molecule has 1 aromatic heterocycles. The molecule has 1 N–H and O–H groups in total. The fourth-order valence-electron chi connectivity index (χ4n) is 4.95. The minimum atomic E-state index is 0.458. The number of fused-ring (bicyclic) bond motifs is 2. The van der Waals surface area contributed by atoms with E-state index in [9.17, 15) is 0 Å². The summed E-state index contributed by atoms with van der Waals surface area (Å²) < 4.78 is 6.05. The van der Waals surface area contributed by atoms with Crippen LogP contribution in [0.15, 0.2) is 0 Å². The lowest BCUT2D eigenvalue weighted by Crippen LogP contribution is -2.67. The average molecular weight is 292 g/mol. The summed E-state index contributed by atoms with van der Waals surface area (Å²) in [5.74, 6) is 0.758. The van der Waals surface area contributed by atoms with Crippen molar-refractivity contribution in [1.29, 1.82) is 0 Å². The van der Waals surface area contributed by atoms with E-state index < -0.39 is 0 Å². The first kappa shape index (κ1) is 13.2. The molecular weight excluding hydrogens is 268 g/mol. The average Bonchev–Trinajstić information content (AvgIpc) is 3.09. The second kappa shape index (κ2) is 4.79. The van der Waals surface area contributed by atoms with Crippen LogP contribution in [0.3, 0.4) is 0 Å². The Kier molecular flexibility index (Phi) is 3.17. The molecule has 110 valence electrons. The fourth-order valence-corrected chi connectivity index (χ4v) is 5.79. The van der Waals surface area contributed by atoms with Gasteiger partial charge in [-0.05, 0) is 33.1 Å². The standard InChI is InChI=1S/C16H24N2OS/c1-10-13(18-11(2)20-10)9-17-14-12-5-8-19-15(12)16(14)6-3-4-7-16/h12,14-15,17H,3-9H2,1-2H3/t12-,14-,15+/m1/s1. The van der Waals surface area contributed by atoms with Crippen LogP contribution in [-0.2, 0) is 11.3 Å². The van der Waals surface area contributed by atoms with Gasteiger partial charge in [0.2, 0.25) is 0 Å². The Morgan fingerprint density at radius 1 is 1.35 bits per heavy atom. The summed E-state index contributed by atoms with van der Waals surface area (Å²) >= 11 is 1.81. The molecule has 3 aliphatic rings. The van der Waals surface area contributed by atoms with Crippen molar-refractivity contribution in [1.82, 2.24) is 10.3 Å². The number of aromatic nitrogens is 1. The predicted octanol–water partition coefficient (Wildman–Crippen LogP) is 3.20. The minimum Gasteiger partial charge on any atom is -0.377 e. The van der Waals surface area contributed by atoms with Crippen LogP contribution in [0.25, 0.3) is 0 Å². The predicted molar refractivity (Wildman–Crippen MR) is 81.0 cm³/mol. The van der Waals surface area contributed by atoms with Gasteiger partial charge in [-0.2, -0.15) is 0 Å². The molecule has 3 fully saturated rings. The van der Waals surface area contributed by atoms with E-state index in [4.69, 9.17) is 4.74 Å². The molecule has 1 spiro atoms. The van der Waals surface area contributed by atoms with Crippen molar-refractivity contribution < 1.29 is 4.74 Å². The lowest BCUT2D eigenvalue weighted by atomic mass is 9.54. The van der Waals surface area contributed by atoms with E-state index in [0.717, 1.165) is 19.1 Å². The van der Waals surface area contributed by atoms with Crippen molar-refractivity contribution in [3.8, 4) is 0 Å². The molecule has 0 radical (unpaired) electrons. The maximum atomic E-state index is 6.05. The first-order valence-corrected chi connectivity index (χ1v) is 8.80. The van der Waals surface area contributed by atoms with E-state index in [1.165, 1.54) is 47.7 Å². The van der Waals surface area contributed by atoms with Crippen LogP contribution in [0.4, 0.5) is 0 Å². The number of nitrogens with zero attached hydrogens (tertiary/aromatic N) is 1. The summed E-state index contributed by atoms with van der Waals surface area (Å²) in [7, 11) is 0. The third kappa shape index (κ3) is 1.81. The molecule has 20 heavy (non-hydrogen) atoms.